The monoisotopic (exact) mass is 638 g/mol. The molecule has 17 nitrogen and oxygen atoms in total. The Morgan fingerprint density at radius 2 is 1.52 bits per heavy atom. The number of nitrogens with two attached hydrogens (primary N) is 4. The minimum Gasteiger partial charge on any atom is -0.510 e. The predicted molar refractivity (Wildman–Crippen MR) is 158 cm³/mol. The zero-order valence-corrected chi connectivity index (χ0v) is 25.2. The quantitative estimate of drug-likeness (QED) is 0.0543. The van der Waals surface area contributed by atoms with E-state index in [-0.39, 0.29) is 62.3 Å². The van der Waals surface area contributed by atoms with Gasteiger partial charge in [-0.2, -0.15) is 0 Å². The summed E-state index contributed by atoms with van der Waals surface area (Å²) in [5.74, 6) is -2.02. The van der Waals surface area contributed by atoms with E-state index in [2.05, 4.69) is 10.6 Å². The summed E-state index contributed by atoms with van der Waals surface area (Å²) in [5.41, 5.74) is 23.4. The molecule has 0 saturated heterocycles. The van der Waals surface area contributed by atoms with Crippen molar-refractivity contribution in [1.82, 2.24) is 10.6 Å². The van der Waals surface area contributed by atoms with Crippen LogP contribution in [0.3, 0.4) is 0 Å². The minimum atomic E-state index is -2.18. The van der Waals surface area contributed by atoms with Gasteiger partial charge in [0.05, 0.1) is 18.2 Å². The van der Waals surface area contributed by atoms with E-state index in [1.807, 2.05) is 0 Å². The van der Waals surface area contributed by atoms with Crippen LogP contribution in [-0.2, 0) is 9.47 Å². The number of rotatable bonds is 17. The first-order valence-electron chi connectivity index (χ1n) is 15.0. The third kappa shape index (κ3) is 10.9. The third-order valence-corrected chi connectivity index (χ3v) is 8.24. The summed E-state index contributed by atoms with van der Waals surface area (Å²) in [6, 6.07) is -3.27. The number of nitrogens with one attached hydrogen (secondary N) is 2. The Labute approximate surface area is 257 Å². The molecule has 19 N–H and O–H groups in total. The van der Waals surface area contributed by atoms with Crippen LogP contribution in [-0.4, -0.2) is 133 Å². The highest BCUT2D eigenvalue weighted by Gasteiger charge is 2.42. The Kier molecular flexibility index (Phi) is 16.0. The van der Waals surface area contributed by atoms with Crippen molar-refractivity contribution < 1.29 is 55.4 Å². The lowest BCUT2D eigenvalue weighted by atomic mass is 9.84. The summed E-state index contributed by atoms with van der Waals surface area (Å²) in [6.07, 6.45) is -6.02. The topological polar surface area (TPSA) is 329 Å². The molecule has 0 amide bonds. The van der Waals surface area contributed by atoms with Gasteiger partial charge < -0.3 is 89.0 Å². The minimum absolute atomic E-state index is 0.0234. The first-order chi connectivity index (χ1) is 20.7. The summed E-state index contributed by atoms with van der Waals surface area (Å²) in [5, 5.41) is 98.1. The van der Waals surface area contributed by atoms with Gasteiger partial charge in [0.25, 0.3) is 0 Å². The van der Waals surface area contributed by atoms with Gasteiger partial charge in [-0.15, -0.1) is 0 Å². The maximum Gasteiger partial charge on any atom is 0.220 e. The summed E-state index contributed by atoms with van der Waals surface area (Å²) < 4.78 is 10.5. The summed E-state index contributed by atoms with van der Waals surface area (Å²) in [7, 11) is 1.37. The average Bonchev–Trinajstić information content (AvgIpc) is 2.98. The van der Waals surface area contributed by atoms with Gasteiger partial charge in [-0.3, -0.25) is 0 Å². The standard InChI is InChI=1S/C27H54N6O11/c1-32-19(18(35)4-2-3-14(29)25(40)43-24-16(31)11-15(30)20(36)22(24)38)26(41)44-27(42)23(39)21(37)17(9-10-34)33-13-7-5-12(28)6-8-13/h12-17,20,22,24-27,32-42H,2-11,28-31H2,1H3/b19-18+,23-21-/t12-,13-,14?,15-,16?,17-,20?,22?,24-,25-,26?,27-/m1/s1. The van der Waals surface area contributed by atoms with Crippen LogP contribution in [0.25, 0.3) is 0 Å². The zero-order chi connectivity index (χ0) is 33.1. The fraction of sp³-hybridized carbons (Fsp3) is 0.852. The molecule has 0 aliphatic heterocycles. The van der Waals surface area contributed by atoms with Gasteiger partial charge in [-0.25, -0.2) is 0 Å². The van der Waals surface area contributed by atoms with Crippen LogP contribution in [0.15, 0.2) is 23.0 Å². The maximum atomic E-state index is 10.6. The van der Waals surface area contributed by atoms with E-state index in [1.165, 1.54) is 7.05 Å². The number of hydrogen-bond donors (Lipinski definition) is 15. The van der Waals surface area contributed by atoms with Gasteiger partial charge in [0.2, 0.25) is 12.6 Å². The number of likely N-dealkylation sites (N-methyl/N-ethyl adjacent to an activating group) is 1. The Balaban J connectivity index is 1.93. The first-order valence-corrected chi connectivity index (χ1v) is 15.0. The molecule has 2 rings (SSSR count). The molecule has 0 bridgehead atoms. The lowest BCUT2D eigenvalue weighted by Gasteiger charge is -2.41. The van der Waals surface area contributed by atoms with Crippen molar-refractivity contribution in [2.24, 2.45) is 22.9 Å². The second kappa shape index (κ2) is 18.3. The number of aliphatic hydroxyl groups is 9. The molecule has 258 valence electrons. The molecule has 2 saturated carbocycles. The van der Waals surface area contributed by atoms with E-state index in [1.54, 1.807) is 0 Å². The molecule has 0 spiro atoms. The molecule has 0 aromatic carbocycles. The molecule has 2 fully saturated rings. The fourth-order valence-corrected chi connectivity index (χ4v) is 5.48. The normalized spacial score (nSPS) is 32.6. The van der Waals surface area contributed by atoms with Crippen LogP contribution < -0.4 is 33.6 Å². The van der Waals surface area contributed by atoms with Gasteiger partial charge in [0.15, 0.2) is 17.8 Å². The molecule has 44 heavy (non-hydrogen) atoms. The van der Waals surface area contributed by atoms with Crippen molar-refractivity contribution in [3.8, 4) is 0 Å². The number of aliphatic hydroxyl groups excluding tert-OH is 9. The van der Waals surface area contributed by atoms with Crippen LogP contribution in [0.2, 0.25) is 0 Å². The SMILES string of the molecule is CN/C(=C(/O)CCCC(N)[C@H](O)O[C@@H]1C(N)C[C@@H](N)C(O)C1O)C(O)O[C@@H](O)/C(O)=C(/O)[C@@H](CCO)N[C@H]1CC[C@H](N)CC1. The van der Waals surface area contributed by atoms with Gasteiger partial charge in [0.1, 0.15) is 23.7 Å². The number of allylic oxidation sites excluding steroid dienone is 1. The van der Waals surface area contributed by atoms with E-state index >= 15 is 0 Å². The van der Waals surface area contributed by atoms with E-state index < -0.39 is 72.9 Å². The number of hydrogen-bond acceptors (Lipinski definition) is 17. The van der Waals surface area contributed by atoms with Crippen molar-refractivity contribution in [2.75, 3.05) is 13.7 Å². The molecule has 0 radical (unpaired) electrons. The summed E-state index contributed by atoms with van der Waals surface area (Å²) in [6.45, 7) is -0.317. The molecular formula is C27H54N6O11. The molecule has 2 aliphatic rings. The van der Waals surface area contributed by atoms with Gasteiger partial charge >= 0.3 is 0 Å². The summed E-state index contributed by atoms with van der Waals surface area (Å²) >= 11 is 0. The Morgan fingerprint density at radius 3 is 2.11 bits per heavy atom. The van der Waals surface area contributed by atoms with Crippen molar-refractivity contribution in [2.45, 2.75) is 131 Å². The molecule has 0 aromatic heterocycles. The largest absolute Gasteiger partial charge is 0.510 e. The Bertz CT molecular complexity index is 923. The highest BCUT2D eigenvalue weighted by Crippen LogP contribution is 2.24. The molecule has 10 atom stereocenters. The maximum absolute atomic E-state index is 10.6. The van der Waals surface area contributed by atoms with Gasteiger partial charge in [-0.05, 0) is 51.4 Å². The van der Waals surface area contributed by atoms with Gasteiger partial charge in [-0.1, -0.05) is 0 Å². The van der Waals surface area contributed by atoms with Crippen LogP contribution in [0.4, 0.5) is 0 Å². The van der Waals surface area contributed by atoms with Gasteiger partial charge in [0, 0.05) is 44.2 Å². The van der Waals surface area contributed by atoms with Crippen LogP contribution in [0.5, 0.6) is 0 Å². The van der Waals surface area contributed by atoms with Crippen molar-refractivity contribution in [3.63, 3.8) is 0 Å². The smallest absolute Gasteiger partial charge is 0.220 e. The molecule has 17 heteroatoms. The lowest BCUT2D eigenvalue weighted by molar-refractivity contribution is -0.207. The molecular weight excluding hydrogens is 584 g/mol. The average molecular weight is 639 g/mol. The van der Waals surface area contributed by atoms with Crippen molar-refractivity contribution >= 4 is 0 Å². The predicted octanol–water partition coefficient (Wildman–Crippen LogP) is -3.45. The van der Waals surface area contributed by atoms with E-state index in [4.69, 9.17) is 32.4 Å². The van der Waals surface area contributed by atoms with Crippen molar-refractivity contribution in [3.05, 3.63) is 23.0 Å². The number of ether oxygens (including phenoxy) is 2. The zero-order valence-electron chi connectivity index (χ0n) is 25.2. The first kappa shape index (κ1) is 38.3. The molecule has 5 unspecified atom stereocenters. The molecule has 0 heterocycles. The Hall–Kier alpha value is -1.84. The second-order valence-electron chi connectivity index (χ2n) is 11.7. The Morgan fingerprint density at radius 1 is 0.886 bits per heavy atom. The van der Waals surface area contributed by atoms with Crippen molar-refractivity contribution in [1.29, 1.82) is 0 Å². The molecule has 0 aromatic rings. The van der Waals surface area contributed by atoms with Crippen LogP contribution in [0.1, 0.15) is 57.8 Å². The van der Waals surface area contributed by atoms with Crippen LogP contribution in [0, 0.1) is 0 Å². The third-order valence-electron chi connectivity index (χ3n) is 8.24. The highest BCUT2D eigenvalue weighted by atomic mass is 16.7. The lowest BCUT2D eigenvalue weighted by Crippen LogP contribution is -2.63. The summed E-state index contributed by atoms with van der Waals surface area (Å²) in [4.78, 5) is 0. The van der Waals surface area contributed by atoms with E-state index in [0.29, 0.717) is 0 Å². The highest BCUT2D eigenvalue weighted by molar-refractivity contribution is 5.12. The van der Waals surface area contributed by atoms with E-state index in [0.717, 1.165) is 25.7 Å². The van der Waals surface area contributed by atoms with E-state index in [9.17, 15) is 46.0 Å². The van der Waals surface area contributed by atoms with Crippen LogP contribution >= 0.6 is 0 Å². The molecule has 2 aliphatic carbocycles. The fourth-order valence-electron chi connectivity index (χ4n) is 5.48. The second-order valence-corrected chi connectivity index (χ2v) is 11.7.